The number of nitrogens with zero attached hydrogens (tertiary/aromatic N) is 2. The third-order valence-corrected chi connectivity index (χ3v) is 5.43. The summed E-state index contributed by atoms with van der Waals surface area (Å²) in [5, 5.41) is 13.7. The lowest BCUT2D eigenvalue weighted by atomic mass is 9.96. The third kappa shape index (κ3) is 3.87. The largest absolute Gasteiger partial charge is 0.396 e. The molecule has 0 aromatic carbocycles. The van der Waals surface area contributed by atoms with Crippen LogP contribution in [-0.4, -0.2) is 73.4 Å². The van der Waals surface area contributed by atoms with Crippen LogP contribution in [0.15, 0.2) is 16.8 Å². The van der Waals surface area contributed by atoms with Crippen LogP contribution in [0.2, 0.25) is 0 Å². The summed E-state index contributed by atoms with van der Waals surface area (Å²) >= 11 is 1.62. The van der Waals surface area contributed by atoms with Crippen molar-refractivity contribution in [2.75, 3.05) is 52.5 Å². The summed E-state index contributed by atoms with van der Waals surface area (Å²) in [4.78, 5) is 16.8. The zero-order valence-corrected chi connectivity index (χ0v) is 13.6. The first-order valence-corrected chi connectivity index (χ1v) is 8.90. The van der Waals surface area contributed by atoms with Crippen LogP contribution in [0.1, 0.15) is 5.56 Å². The van der Waals surface area contributed by atoms with Crippen LogP contribution in [-0.2, 0) is 16.0 Å². The number of hydrogen-bond donors (Lipinski definition) is 1. The van der Waals surface area contributed by atoms with E-state index in [4.69, 9.17) is 4.74 Å². The van der Waals surface area contributed by atoms with Gasteiger partial charge in [-0.3, -0.25) is 9.69 Å². The highest BCUT2D eigenvalue weighted by molar-refractivity contribution is 7.07. The average Bonchev–Trinajstić information content (AvgIpc) is 3.18. The first-order chi connectivity index (χ1) is 10.8. The van der Waals surface area contributed by atoms with Crippen LogP contribution >= 0.6 is 11.3 Å². The zero-order valence-electron chi connectivity index (χ0n) is 12.8. The Morgan fingerprint density at radius 2 is 2.09 bits per heavy atom. The monoisotopic (exact) mass is 324 g/mol. The first kappa shape index (κ1) is 15.9. The van der Waals surface area contributed by atoms with E-state index in [9.17, 15) is 9.90 Å². The molecule has 0 spiro atoms. The summed E-state index contributed by atoms with van der Waals surface area (Å²) in [7, 11) is 0. The van der Waals surface area contributed by atoms with Gasteiger partial charge in [0.1, 0.15) is 0 Å². The molecule has 1 N–H and O–H groups in total. The smallest absolute Gasteiger partial charge is 0.227 e. The van der Waals surface area contributed by atoms with E-state index >= 15 is 0 Å². The third-order valence-electron chi connectivity index (χ3n) is 4.70. The number of likely N-dealkylation sites (tertiary alicyclic amines) is 1. The fourth-order valence-electron chi connectivity index (χ4n) is 3.35. The predicted octanol–water partition coefficient (Wildman–Crippen LogP) is 0.690. The van der Waals surface area contributed by atoms with Crippen LogP contribution in [0.3, 0.4) is 0 Å². The highest BCUT2D eigenvalue weighted by Crippen LogP contribution is 2.25. The molecule has 2 aliphatic rings. The fourth-order valence-corrected chi connectivity index (χ4v) is 4.02. The number of thiophene rings is 1. The molecule has 1 aromatic heterocycles. The second-order valence-electron chi connectivity index (χ2n) is 6.22. The number of carbonyl (C=O) groups is 1. The summed E-state index contributed by atoms with van der Waals surface area (Å²) in [6.45, 7) is 6.07. The number of amides is 1. The summed E-state index contributed by atoms with van der Waals surface area (Å²) in [6, 6.07) is 2.01. The predicted molar refractivity (Wildman–Crippen MR) is 85.9 cm³/mol. The molecule has 0 aliphatic carbocycles. The molecule has 6 heteroatoms. The summed E-state index contributed by atoms with van der Waals surface area (Å²) < 4.78 is 5.38. The van der Waals surface area contributed by atoms with E-state index in [0.717, 1.165) is 45.0 Å². The van der Waals surface area contributed by atoms with Gasteiger partial charge in [-0.15, -0.1) is 0 Å². The van der Waals surface area contributed by atoms with Gasteiger partial charge in [0.2, 0.25) is 5.91 Å². The number of aliphatic hydroxyl groups is 1. The van der Waals surface area contributed by atoms with Crippen molar-refractivity contribution in [2.24, 2.45) is 11.8 Å². The molecule has 3 heterocycles. The highest BCUT2D eigenvalue weighted by Gasteiger charge is 2.35. The van der Waals surface area contributed by atoms with Crippen molar-refractivity contribution in [2.45, 2.75) is 6.42 Å². The number of morpholine rings is 1. The quantitative estimate of drug-likeness (QED) is 0.866. The van der Waals surface area contributed by atoms with E-state index in [-0.39, 0.29) is 18.4 Å². The number of ether oxygens (including phenoxy) is 1. The summed E-state index contributed by atoms with van der Waals surface area (Å²) in [5.41, 5.74) is 1.09. The lowest BCUT2D eigenvalue weighted by Crippen LogP contribution is -2.41. The van der Waals surface area contributed by atoms with Crippen LogP contribution in [0, 0.1) is 11.8 Å². The van der Waals surface area contributed by atoms with Gasteiger partial charge in [-0.25, -0.2) is 0 Å². The lowest BCUT2D eigenvalue weighted by molar-refractivity contribution is -0.129. The summed E-state index contributed by atoms with van der Waals surface area (Å²) in [5.74, 6) is 0.755. The Morgan fingerprint density at radius 1 is 1.32 bits per heavy atom. The zero-order chi connectivity index (χ0) is 15.4. The van der Waals surface area contributed by atoms with Crippen molar-refractivity contribution in [3.05, 3.63) is 22.4 Å². The molecular weight excluding hydrogens is 300 g/mol. The first-order valence-electron chi connectivity index (χ1n) is 7.96. The topological polar surface area (TPSA) is 53.0 Å². The molecule has 1 aromatic rings. The Kier molecular flexibility index (Phi) is 5.46. The molecule has 0 saturated carbocycles. The van der Waals surface area contributed by atoms with E-state index in [1.165, 1.54) is 0 Å². The minimum atomic E-state index is 0.164. The van der Waals surface area contributed by atoms with Gasteiger partial charge in [-0.05, 0) is 28.3 Å². The molecule has 2 saturated heterocycles. The maximum Gasteiger partial charge on any atom is 0.227 e. The standard InChI is InChI=1S/C16H24N2O3S/c19-11-15-10-18(16(20)7-13-1-6-22-12-13)9-14(15)8-17-2-4-21-5-3-17/h1,6,12,14-15,19H,2-5,7-11H2/t14-,15-/m0/s1. The Morgan fingerprint density at radius 3 is 2.77 bits per heavy atom. The highest BCUT2D eigenvalue weighted by atomic mass is 32.1. The van der Waals surface area contributed by atoms with Crippen LogP contribution < -0.4 is 0 Å². The summed E-state index contributed by atoms with van der Waals surface area (Å²) in [6.07, 6.45) is 0.478. The second-order valence-corrected chi connectivity index (χ2v) is 7.00. The molecule has 0 bridgehead atoms. The van der Waals surface area contributed by atoms with Gasteiger partial charge in [0.25, 0.3) is 0 Å². The molecule has 122 valence electrons. The fraction of sp³-hybridized carbons (Fsp3) is 0.688. The Bertz CT molecular complexity index is 474. The molecule has 2 aliphatic heterocycles. The van der Waals surface area contributed by atoms with Gasteiger partial charge in [-0.2, -0.15) is 11.3 Å². The number of aliphatic hydroxyl groups excluding tert-OH is 1. The van der Waals surface area contributed by atoms with E-state index in [1.54, 1.807) is 11.3 Å². The van der Waals surface area contributed by atoms with E-state index in [1.807, 2.05) is 21.7 Å². The van der Waals surface area contributed by atoms with Crippen LogP contribution in [0.25, 0.3) is 0 Å². The molecule has 22 heavy (non-hydrogen) atoms. The van der Waals surface area contributed by atoms with Crippen LogP contribution in [0.4, 0.5) is 0 Å². The van der Waals surface area contributed by atoms with E-state index < -0.39 is 0 Å². The molecule has 0 radical (unpaired) electrons. The van der Waals surface area contributed by atoms with Crippen molar-refractivity contribution < 1.29 is 14.6 Å². The molecule has 3 rings (SSSR count). The maximum absolute atomic E-state index is 12.4. The van der Waals surface area contributed by atoms with Crippen LogP contribution in [0.5, 0.6) is 0 Å². The van der Waals surface area contributed by atoms with E-state index in [0.29, 0.717) is 18.9 Å². The van der Waals surface area contributed by atoms with Crippen molar-refractivity contribution in [1.29, 1.82) is 0 Å². The average molecular weight is 324 g/mol. The van der Waals surface area contributed by atoms with Gasteiger partial charge < -0.3 is 14.7 Å². The normalized spacial score (nSPS) is 26.5. The minimum absolute atomic E-state index is 0.164. The number of hydrogen-bond acceptors (Lipinski definition) is 5. The van der Waals surface area contributed by atoms with Gasteiger partial charge in [-0.1, -0.05) is 0 Å². The minimum Gasteiger partial charge on any atom is -0.396 e. The van der Waals surface area contributed by atoms with Crippen molar-refractivity contribution in [3.8, 4) is 0 Å². The number of rotatable bonds is 5. The Hall–Kier alpha value is -0.950. The van der Waals surface area contributed by atoms with Gasteiger partial charge in [0.05, 0.1) is 19.6 Å². The molecule has 2 fully saturated rings. The second kappa shape index (κ2) is 7.55. The van der Waals surface area contributed by atoms with Crippen molar-refractivity contribution in [3.63, 3.8) is 0 Å². The Labute approximate surface area is 135 Å². The lowest BCUT2D eigenvalue weighted by Gasteiger charge is -2.30. The van der Waals surface area contributed by atoms with E-state index in [2.05, 4.69) is 4.90 Å². The molecular formula is C16H24N2O3S. The SMILES string of the molecule is O=C(Cc1ccsc1)N1C[C@@H](CO)[C@@H](CN2CCOCC2)C1. The van der Waals surface area contributed by atoms with Gasteiger partial charge in [0.15, 0.2) is 0 Å². The molecule has 1 amide bonds. The molecule has 0 unspecified atom stereocenters. The molecule has 2 atom stereocenters. The molecule has 5 nitrogen and oxygen atoms in total. The maximum atomic E-state index is 12.4. The van der Waals surface area contributed by atoms with Gasteiger partial charge >= 0.3 is 0 Å². The Balaban J connectivity index is 1.55. The van der Waals surface area contributed by atoms with Crippen molar-refractivity contribution in [1.82, 2.24) is 9.80 Å². The van der Waals surface area contributed by atoms with Crippen molar-refractivity contribution >= 4 is 17.2 Å². The number of carbonyl (C=O) groups excluding carboxylic acids is 1. The van der Waals surface area contributed by atoms with Gasteiger partial charge in [0, 0.05) is 45.2 Å².